The van der Waals surface area contributed by atoms with Crippen LogP contribution in [0.4, 0.5) is 0 Å². The summed E-state index contributed by atoms with van der Waals surface area (Å²) in [4.78, 5) is 29.5. The largest absolute Gasteiger partial charge is 0.494 e. The Balaban J connectivity index is 1.49. The quantitative estimate of drug-likeness (QED) is 0.543. The lowest BCUT2D eigenvalue weighted by molar-refractivity contribution is -0.134. The van der Waals surface area contributed by atoms with Gasteiger partial charge in [-0.2, -0.15) is 0 Å². The molecule has 4 atom stereocenters. The molecule has 2 amide bonds. The average molecular weight is 478 g/mol. The maximum atomic E-state index is 14.0. The molecule has 0 radical (unpaired) electrons. The number of hydrogen-bond acceptors (Lipinski definition) is 4. The number of nitrogens with one attached hydrogen (secondary N) is 1. The van der Waals surface area contributed by atoms with Gasteiger partial charge in [0, 0.05) is 24.7 Å². The molecular formula is C28H35N3O4. The maximum Gasteiger partial charge on any atom is 0.271 e. The number of carbonyl (C=O) groups is 2. The van der Waals surface area contributed by atoms with Crippen LogP contribution >= 0.6 is 0 Å². The molecule has 35 heavy (non-hydrogen) atoms. The summed E-state index contributed by atoms with van der Waals surface area (Å²) < 4.78 is 13.1. The summed E-state index contributed by atoms with van der Waals surface area (Å²) in [5.74, 6) is 1.49. The van der Waals surface area contributed by atoms with E-state index < -0.39 is 5.54 Å². The first-order chi connectivity index (χ1) is 16.8. The molecule has 2 aromatic heterocycles. The van der Waals surface area contributed by atoms with Crippen molar-refractivity contribution < 1.29 is 18.7 Å². The Labute approximate surface area is 206 Å². The Bertz CT molecular complexity index is 1230. The average Bonchev–Trinajstić information content (AvgIpc) is 3.43. The normalized spacial score (nSPS) is 26.6. The zero-order valence-corrected chi connectivity index (χ0v) is 21.0. The van der Waals surface area contributed by atoms with Gasteiger partial charge < -0.3 is 23.9 Å². The van der Waals surface area contributed by atoms with Crippen LogP contribution in [-0.2, 0) is 17.9 Å². The van der Waals surface area contributed by atoms with Crippen LogP contribution in [0.5, 0.6) is 5.75 Å². The van der Waals surface area contributed by atoms with Gasteiger partial charge in [-0.1, -0.05) is 38.8 Å². The third-order valence-electron chi connectivity index (χ3n) is 8.14. The lowest BCUT2D eigenvalue weighted by atomic mass is 9.77. The minimum atomic E-state index is -1.05. The van der Waals surface area contributed by atoms with E-state index in [1.54, 1.807) is 17.2 Å². The highest BCUT2D eigenvalue weighted by Gasteiger charge is 2.48. The number of carbonyl (C=O) groups excluding carboxylic acids is 2. The van der Waals surface area contributed by atoms with Gasteiger partial charge in [0.25, 0.3) is 5.91 Å². The minimum absolute atomic E-state index is 0.0984. The molecule has 3 aromatic rings. The Morgan fingerprint density at radius 2 is 1.97 bits per heavy atom. The number of nitrogens with zero attached hydrogens (tertiary/aromatic N) is 2. The van der Waals surface area contributed by atoms with Crippen LogP contribution in [-0.4, -0.2) is 39.5 Å². The van der Waals surface area contributed by atoms with E-state index in [2.05, 4.69) is 19.2 Å². The zero-order chi connectivity index (χ0) is 24.7. The van der Waals surface area contributed by atoms with Crippen molar-refractivity contribution >= 4 is 22.9 Å². The van der Waals surface area contributed by atoms with Crippen LogP contribution in [0.3, 0.4) is 0 Å². The maximum absolute atomic E-state index is 14.0. The van der Waals surface area contributed by atoms with Crippen LogP contribution in [0.15, 0.2) is 47.1 Å². The molecule has 0 unspecified atom stereocenters. The van der Waals surface area contributed by atoms with Crippen molar-refractivity contribution in [3.8, 4) is 5.75 Å². The molecule has 2 aliphatic rings. The number of hydrogen-bond donors (Lipinski definition) is 1. The number of fused-ring (bicyclic) bond motifs is 3. The highest BCUT2D eigenvalue weighted by atomic mass is 16.5. The standard InChI is InChI=1S/C28H35N3O4/c1-5-34-21-11-9-20(10-12-21)16-31-26(32)24-15-25-23(13-14-35-25)30(24)17-28(31,4)27(33)29-22-8-6-7-18(2)19(22)3/h9-15,18-19,22H,5-8,16-17H2,1-4H3,(H,29,33)/t18-,19+,22-,28-/m1/s1. The van der Waals surface area contributed by atoms with Gasteiger partial charge in [0.15, 0.2) is 5.58 Å². The summed E-state index contributed by atoms with van der Waals surface area (Å²) in [6.45, 7) is 9.62. The number of furan rings is 1. The monoisotopic (exact) mass is 477 g/mol. The van der Waals surface area contributed by atoms with E-state index in [0.717, 1.165) is 29.7 Å². The third kappa shape index (κ3) is 4.11. The summed E-state index contributed by atoms with van der Waals surface area (Å²) in [6.07, 6.45) is 4.90. The van der Waals surface area contributed by atoms with Gasteiger partial charge in [-0.25, -0.2) is 0 Å². The van der Waals surface area contributed by atoms with Gasteiger partial charge >= 0.3 is 0 Å². The molecule has 186 valence electrons. The molecule has 1 aromatic carbocycles. The van der Waals surface area contributed by atoms with Crippen molar-refractivity contribution in [2.45, 2.75) is 71.6 Å². The van der Waals surface area contributed by atoms with Gasteiger partial charge in [0.2, 0.25) is 5.91 Å². The first-order valence-corrected chi connectivity index (χ1v) is 12.7. The van der Waals surface area contributed by atoms with Crippen LogP contribution < -0.4 is 10.1 Å². The van der Waals surface area contributed by atoms with Crippen molar-refractivity contribution in [3.05, 3.63) is 53.9 Å². The van der Waals surface area contributed by atoms with Gasteiger partial charge in [0.1, 0.15) is 17.0 Å². The molecular weight excluding hydrogens is 442 g/mol. The number of aromatic nitrogens is 1. The van der Waals surface area contributed by atoms with Crippen LogP contribution in [0.1, 0.15) is 63.0 Å². The summed E-state index contributed by atoms with van der Waals surface area (Å²) in [5, 5.41) is 3.35. The molecule has 1 N–H and O–H groups in total. The topological polar surface area (TPSA) is 76.7 Å². The summed E-state index contributed by atoms with van der Waals surface area (Å²) in [7, 11) is 0. The minimum Gasteiger partial charge on any atom is -0.494 e. The molecule has 0 bridgehead atoms. The first kappa shape index (κ1) is 23.5. The van der Waals surface area contributed by atoms with Crippen LogP contribution in [0.2, 0.25) is 0 Å². The zero-order valence-electron chi connectivity index (χ0n) is 21.0. The molecule has 7 heteroatoms. The molecule has 0 spiro atoms. The van der Waals surface area contributed by atoms with Crippen molar-refractivity contribution in [3.63, 3.8) is 0 Å². The second-order valence-corrected chi connectivity index (χ2v) is 10.4. The van der Waals surface area contributed by atoms with Gasteiger partial charge in [0.05, 0.1) is 24.9 Å². The fourth-order valence-corrected chi connectivity index (χ4v) is 5.67. The Kier molecular flexibility index (Phi) is 6.11. The lowest BCUT2D eigenvalue weighted by Crippen LogP contribution is -2.65. The SMILES string of the molecule is CCOc1ccc(CN2C(=O)c3cc4occc4n3C[C@]2(C)C(=O)N[C@@H]2CCC[C@@H](C)[C@@H]2C)cc1. The van der Waals surface area contributed by atoms with Gasteiger partial charge in [-0.05, 0) is 49.8 Å². The fraction of sp³-hybridized carbons (Fsp3) is 0.500. The predicted octanol–water partition coefficient (Wildman–Crippen LogP) is 4.99. The Morgan fingerprint density at radius 3 is 2.71 bits per heavy atom. The summed E-state index contributed by atoms with van der Waals surface area (Å²) in [5.41, 5.74) is 1.95. The second kappa shape index (κ2) is 9.10. The van der Waals surface area contributed by atoms with Crippen molar-refractivity contribution in [2.24, 2.45) is 11.8 Å². The van der Waals surface area contributed by atoms with E-state index >= 15 is 0 Å². The summed E-state index contributed by atoms with van der Waals surface area (Å²) >= 11 is 0. The summed E-state index contributed by atoms with van der Waals surface area (Å²) in [6, 6.07) is 11.5. The van der Waals surface area contributed by atoms with E-state index in [9.17, 15) is 9.59 Å². The predicted molar refractivity (Wildman–Crippen MR) is 134 cm³/mol. The number of rotatable bonds is 6. The van der Waals surface area contributed by atoms with Crippen LogP contribution in [0.25, 0.3) is 11.1 Å². The van der Waals surface area contributed by atoms with E-state index in [1.165, 1.54) is 6.42 Å². The molecule has 1 aliphatic carbocycles. The Morgan fingerprint density at radius 1 is 1.20 bits per heavy atom. The molecule has 7 nitrogen and oxygen atoms in total. The van der Waals surface area contributed by atoms with E-state index in [-0.39, 0.29) is 17.9 Å². The fourth-order valence-electron chi connectivity index (χ4n) is 5.67. The van der Waals surface area contributed by atoms with Crippen LogP contribution in [0, 0.1) is 11.8 Å². The highest BCUT2D eigenvalue weighted by Crippen LogP contribution is 2.35. The lowest BCUT2D eigenvalue weighted by Gasteiger charge is -2.45. The van der Waals surface area contributed by atoms with E-state index in [1.807, 2.05) is 48.7 Å². The third-order valence-corrected chi connectivity index (χ3v) is 8.14. The molecule has 1 aliphatic heterocycles. The smallest absolute Gasteiger partial charge is 0.271 e. The van der Waals surface area contributed by atoms with Gasteiger partial charge in [-0.3, -0.25) is 9.59 Å². The molecule has 1 fully saturated rings. The second-order valence-electron chi connectivity index (χ2n) is 10.4. The van der Waals surface area contributed by atoms with E-state index in [0.29, 0.717) is 42.8 Å². The number of benzene rings is 1. The first-order valence-electron chi connectivity index (χ1n) is 12.7. The molecule has 0 saturated heterocycles. The number of ether oxygens (including phenoxy) is 1. The molecule has 5 rings (SSSR count). The number of amides is 2. The van der Waals surface area contributed by atoms with Crippen molar-refractivity contribution in [2.75, 3.05) is 6.61 Å². The Hall–Kier alpha value is -3.22. The van der Waals surface area contributed by atoms with E-state index in [4.69, 9.17) is 9.15 Å². The van der Waals surface area contributed by atoms with Crippen molar-refractivity contribution in [1.29, 1.82) is 0 Å². The molecule has 3 heterocycles. The van der Waals surface area contributed by atoms with Gasteiger partial charge in [-0.15, -0.1) is 0 Å². The molecule has 1 saturated carbocycles. The highest BCUT2D eigenvalue weighted by molar-refractivity contribution is 6.02. The van der Waals surface area contributed by atoms with Crippen molar-refractivity contribution in [1.82, 2.24) is 14.8 Å².